The molecule has 1 aliphatic rings. The van der Waals surface area contributed by atoms with Gasteiger partial charge in [0.15, 0.2) is 12.0 Å². The highest BCUT2D eigenvalue weighted by molar-refractivity contribution is 6.30. The molecule has 0 saturated carbocycles. The van der Waals surface area contributed by atoms with Crippen molar-refractivity contribution in [3.63, 3.8) is 0 Å². The van der Waals surface area contributed by atoms with Crippen LogP contribution in [0, 0.1) is 11.3 Å². The van der Waals surface area contributed by atoms with Gasteiger partial charge < -0.3 is 23.9 Å². The Morgan fingerprint density at radius 1 is 1.24 bits per heavy atom. The van der Waals surface area contributed by atoms with Crippen molar-refractivity contribution in [1.82, 2.24) is 20.2 Å². The van der Waals surface area contributed by atoms with Crippen LogP contribution in [-0.2, 0) is 28.7 Å². The normalized spacial score (nSPS) is 15.6. The average Bonchev–Trinajstić information content (AvgIpc) is 2.88. The summed E-state index contributed by atoms with van der Waals surface area (Å²) in [5.41, 5.74) is -1.98. The number of nitrogens with one attached hydrogen (secondary N) is 1. The Balaban J connectivity index is 1.63. The lowest BCUT2D eigenvalue weighted by Crippen LogP contribution is -2.23. The molecule has 0 amide bonds. The van der Waals surface area contributed by atoms with E-state index in [2.05, 4.69) is 20.2 Å². The van der Waals surface area contributed by atoms with E-state index in [1.807, 2.05) is 0 Å². The number of rotatable bonds is 8. The molecule has 38 heavy (non-hydrogen) atoms. The van der Waals surface area contributed by atoms with Crippen molar-refractivity contribution in [2.45, 2.75) is 44.8 Å². The van der Waals surface area contributed by atoms with Crippen LogP contribution in [0.3, 0.4) is 0 Å². The summed E-state index contributed by atoms with van der Waals surface area (Å²) < 4.78 is 63.3. The zero-order valence-corrected chi connectivity index (χ0v) is 20.7. The molecule has 0 aliphatic carbocycles. The van der Waals surface area contributed by atoms with E-state index in [0.29, 0.717) is 17.9 Å². The van der Waals surface area contributed by atoms with E-state index < -0.39 is 23.2 Å². The molecule has 14 heteroatoms. The summed E-state index contributed by atoms with van der Waals surface area (Å²) in [6.07, 6.45) is -3.00. The fourth-order valence-electron chi connectivity index (χ4n) is 3.72. The maximum Gasteiger partial charge on any atom is 0.437 e. The molecule has 1 atom stereocenters. The number of alkyl halides is 3. The lowest BCUT2D eigenvalue weighted by molar-refractivity contribution is -0.169. The second-order valence-corrected chi connectivity index (χ2v) is 8.67. The zero-order valence-electron chi connectivity index (χ0n) is 20.0. The summed E-state index contributed by atoms with van der Waals surface area (Å²) in [5, 5.41) is 17.1. The molecule has 200 valence electrons. The van der Waals surface area contributed by atoms with E-state index in [-0.39, 0.29) is 47.4 Å². The summed E-state index contributed by atoms with van der Waals surface area (Å²) in [4.78, 5) is 18.7. The van der Waals surface area contributed by atoms with Crippen LogP contribution in [0.2, 0.25) is 5.02 Å². The molecule has 1 N–H and O–H groups in total. The van der Waals surface area contributed by atoms with Crippen molar-refractivity contribution in [3.8, 4) is 23.4 Å². The van der Waals surface area contributed by atoms with Gasteiger partial charge in [-0.3, -0.25) is 4.79 Å². The number of nitrogens with zero attached hydrogens (tertiary/aromatic N) is 4. The smallest absolute Gasteiger partial charge is 0.437 e. The van der Waals surface area contributed by atoms with Crippen LogP contribution in [0.15, 0.2) is 29.1 Å². The number of aromatic nitrogens is 4. The number of aromatic amines is 1. The van der Waals surface area contributed by atoms with Gasteiger partial charge in [0.05, 0.1) is 31.0 Å². The second-order valence-electron chi connectivity index (χ2n) is 8.23. The highest BCUT2D eigenvalue weighted by Crippen LogP contribution is 2.35. The lowest BCUT2D eigenvalue weighted by atomic mass is 10.1. The largest absolute Gasteiger partial charge is 0.480 e. The molecule has 1 aromatic carbocycles. The number of ether oxygens (including phenoxy) is 4. The second kappa shape index (κ2) is 11.8. The molecule has 0 bridgehead atoms. The van der Waals surface area contributed by atoms with Gasteiger partial charge in [0.2, 0.25) is 11.6 Å². The minimum Gasteiger partial charge on any atom is -0.480 e. The van der Waals surface area contributed by atoms with Gasteiger partial charge >= 0.3 is 6.18 Å². The van der Waals surface area contributed by atoms with Gasteiger partial charge in [0.1, 0.15) is 11.6 Å². The van der Waals surface area contributed by atoms with E-state index in [9.17, 15) is 18.0 Å². The zero-order chi connectivity index (χ0) is 27.3. The SMILES string of the molecule is COc1nnc(COC2CCCCO2)cc1Cc1nc(C(F)(F)F)c(Oc2cc(Cl)cc(C#N)c2)c(=O)[nH]1. The first-order chi connectivity index (χ1) is 18.2. The summed E-state index contributed by atoms with van der Waals surface area (Å²) in [5.74, 6) is -1.59. The van der Waals surface area contributed by atoms with Gasteiger partial charge in [-0.15, -0.1) is 10.2 Å². The van der Waals surface area contributed by atoms with Crippen LogP contribution in [0.5, 0.6) is 17.4 Å². The molecular weight excluding hydrogens is 531 g/mol. The quantitative estimate of drug-likeness (QED) is 0.428. The first-order valence-corrected chi connectivity index (χ1v) is 11.8. The van der Waals surface area contributed by atoms with Crippen LogP contribution >= 0.6 is 11.6 Å². The standard InChI is InChI=1S/C24H21ClF3N5O5/c1-35-23-14(8-16(32-33-23)12-37-19-4-2-3-5-36-19)9-18-30-21(24(26,27)28)20(22(34)31-18)38-17-7-13(11-29)6-15(25)10-17/h6-8,10,19H,2-5,9,12H2,1H3,(H,30,31,34). The summed E-state index contributed by atoms with van der Waals surface area (Å²) in [6, 6.07) is 6.96. The fraction of sp³-hybridized carbons (Fsp3) is 0.375. The van der Waals surface area contributed by atoms with Crippen LogP contribution in [-0.4, -0.2) is 40.2 Å². The van der Waals surface area contributed by atoms with E-state index in [0.717, 1.165) is 25.3 Å². The van der Waals surface area contributed by atoms with Crippen LogP contribution in [0.4, 0.5) is 13.2 Å². The molecule has 2 aromatic heterocycles. The summed E-state index contributed by atoms with van der Waals surface area (Å²) >= 11 is 5.89. The molecule has 0 radical (unpaired) electrons. The maximum absolute atomic E-state index is 13.9. The van der Waals surface area contributed by atoms with Gasteiger partial charge in [0, 0.05) is 23.6 Å². The third kappa shape index (κ3) is 6.77. The van der Waals surface area contributed by atoms with E-state index in [4.69, 9.17) is 35.8 Å². The van der Waals surface area contributed by atoms with E-state index in [1.54, 1.807) is 12.1 Å². The van der Waals surface area contributed by atoms with Gasteiger partial charge in [-0.1, -0.05) is 11.6 Å². The topological polar surface area (TPSA) is 132 Å². The summed E-state index contributed by atoms with van der Waals surface area (Å²) in [7, 11) is 1.33. The third-order valence-corrected chi connectivity index (χ3v) is 5.62. The number of methoxy groups -OCH3 is 1. The van der Waals surface area contributed by atoms with Gasteiger partial charge in [-0.25, -0.2) is 4.98 Å². The van der Waals surface area contributed by atoms with Crippen LogP contribution in [0.25, 0.3) is 0 Å². The van der Waals surface area contributed by atoms with Crippen molar-refractivity contribution >= 4 is 11.6 Å². The molecule has 4 rings (SSSR count). The van der Waals surface area contributed by atoms with Gasteiger partial charge in [-0.2, -0.15) is 18.4 Å². The Labute approximate surface area is 219 Å². The highest BCUT2D eigenvalue weighted by atomic mass is 35.5. The Kier molecular flexibility index (Phi) is 8.45. The predicted molar refractivity (Wildman–Crippen MR) is 126 cm³/mol. The molecule has 1 saturated heterocycles. The fourth-order valence-corrected chi connectivity index (χ4v) is 3.94. The number of halogens is 4. The lowest BCUT2D eigenvalue weighted by Gasteiger charge is -2.22. The molecule has 0 spiro atoms. The Morgan fingerprint density at radius 2 is 2.05 bits per heavy atom. The van der Waals surface area contributed by atoms with Crippen molar-refractivity contribution in [2.24, 2.45) is 0 Å². The van der Waals surface area contributed by atoms with E-state index >= 15 is 0 Å². The molecule has 1 fully saturated rings. The van der Waals surface area contributed by atoms with Crippen molar-refractivity contribution in [3.05, 3.63) is 68.0 Å². The number of H-pyrrole nitrogens is 1. The van der Waals surface area contributed by atoms with Crippen molar-refractivity contribution < 1.29 is 32.1 Å². The highest BCUT2D eigenvalue weighted by Gasteiger charge is 2.39. The van der Waals surface area contributed by atoms with Crippen molar-refractivity contribution in [2.75, 3.05) is 13.7 Å². The third-order valence-electron chi connectivity index (χ3n) is 5.41. The summed E-state index contributed by atoms with van der Waals surface area (Å²) in [6.45, 7) is 0.658. The number of hydrogen-bond acceptors (Lipinski definition) is 9. The number of hydrogen-bond donors (Lipinski definition) is 1. The molecule has 1 aliphatic heterocycles. The maximum atomic E-state index is 13.9. The Bertz CT molecular complexity index is 1400. The van der Waals surface area contributed by atoms with E-state index in [1.165, 1.54) is 19.2 Å². The molecular formula is C24H21ClF3N5O5. The minimum absolute atomic E-state index is 0.0363. The first-order valence-electron chi connectivity index (χ1n) is 11.4. The molecule has 1 unspecified atom stereocenters. The predicted octanol–water partition coefficient (Wildman–Crippen LogP) is 4.54. The number of nitriles is 1. The molecule has 3 aromatic rings. The van der Waals surface area contributed by atoms with Crippen molar-refractivity contribution in [1.29, 1.82) is 5.26 Å². The molecule has 10 nitrogen and oxygen atoms in total. The first kappa shape index (κ1) is 27.3. The monoisotopic (exact) mass is 551 g/mol. The Hall–Kier alpha value is -3.73. The molecule has 3 heterocycles. The van der Waals surface area contributed by atoms with Crippen LogP contribution in [0.1, 0.15) is 47.6 Å². The Morgan fingerprint density at radius 3 is 2.74 bits per heavy atom. The number of benzene rings is 1. The van der Waals surface area contributed by atoms with Gasteiger partial charge in [0.25, 0.3) is 5.56 Å². The van der Waals surface area contributed by atoms with Gasteiger partial charge in [-0.05, 0) is 43.5 Å². The average molecular weight is 552 g/mol. The van der Waals surface area contributed by atoms with Crippen LogP contribution < -0.4 is 15.0 Å². The minimum atomic E-state index is -5.03.